The molecule has 0 heterocycles. The average molecular weight is 321 g/mol. The molecule has 0 aliphatic carbocycles. The van der Waals surface area contributed by atoms with Gasteiger partial charge >= 0.3 is 6.09 Å². The van der Waals surface area contributed by atoms with Gasteiger partial charge in [0.2, 0.25) is 0 Å². The summed E-state index contributed by atoms with van der Waals surface area (Å²) >= 11 is 0. The van der Waals surface area contributed by atoms with Gasteiger partial charge in [0.05, 0.1) is 26.4 Å². The molecule has 0 aromatic heterocycles. The first-order chi connectivity index (χ1) is 9.95. The number of rotatable bonds is 12. The van der Waals surface area contributed by atoms with Crippen molar-refractivity contribution in [1.29, 1.82) is 0 Å². The minimum atomic E-state index is -1.05. The molecule has 0 saturated carbocycles. The third-order valence-electron chi connectivity index (χ3n) is 2.57. The zero-order chi connectivity index (χ0) is 16.1. The van der Waals surface area contributed by atoms with Gasteiger partial charge in [-0.25, -0.2) is 4.79 Å². The van der Waals surface area contributed by atoms with Crippen LogP contribution in [0.5, 0.6) is 0 Å². The zero-order valence-corrected chi connectivity index (χ0v) is 14.2. The quantitative estimate of drug-likeness (QED) is 0.326. The number of carbonyl (C=O) groups excluding carboxylic acids is 1. The molecule has 2 atom stereocenters. The number of carbonyl (C=O) groups is 1. The molecule has 7 heteroatoms. The van der Waals surface area contributed by atoms with E-state index in [-0.39, 0.29) is 12.5 Å². The molecular formula is C14H28NO5P. The molecule has 6 nitrogen and oxygen atoms in total. The molecule has 0 aromatic carbocycles. The molecule has 0 fully saturated rings. The van der Waals surface area contributed by atoms with Crippen molar-refractivity contribution in [3.8, 4) is 0 Å². The standard InChI is InChI=1S/C14H28NO5P/c1-12(2)5-7-19-9-13(11-21(4)17)10-20-14(16)15-6-8-18-3/h13,17H,1,5-11H2,2-4H3,(H,15,16). The highest BCUT2D eigenvalue weighted by molar-refractivity contribution is 7.50. The molecule has 0 rings (SSSR count). The molecule has 2 N–H and O–H groups in total. The number of alkyl carbamates (subject to hydrolysis) is 1. The van der Waals surface area contributed by atoms with E-state index in [1.54, 1.807) is 13.8 Å². The summed E-state index contributed by atoms with van der Waals surface area (Å²) in [5.41, 5.74) is 1.07. The van der Waals surface area contributed by atoms with Crippen LogP contribution in [0.4, 0.5) is 4.79 Å². The van der Waals surface area contributed by atoms with Crippen LogP contribution in [-0.4, -0.2) is 63.9 Å². The summed E-state index contributed by atoms with van der Waals surface area (Å²) < 4.78 is 15.5. The second-order valence-electron chi connectivity index (χ2n) is 5.01. The van der Waals surface area contributed by atoms with Crippen molar-refractivity contribution in [1.82, 2.24) is 5.32 Å². The fourth-order valence-electron chi connectivity index (χ4n) is 1.52. The van der Waals surface area contributed by atoms with Crippen molar-refractivity contribution >= 4 is 14.2 Å². The van der Waals surface area contributed by atoms with Gasteiger partial charge in [-0.2, -0.15) is 0 Å². The van der Waals surface area contributed by atoms with Gasteiger partial charge in [0.15, 0.2) is 0 Å². The van der Waals surface area contributed by atoms with Crippen molar-refractivity contribution in [2.75, 3.05) is 52.9 Å². The van der Waals surface area contributed by atoms with Gasteiger partial charge in [-0.1, -0.05) is 5.57 Å². The lowest BCUT2D eigenvalue weighted by Crippen LogP contribution is -2.30. The Kier molecular flexibility index (Phi) is 12.6. The van der Waals surface area contributed by atoms with Gasteiger partial charge in [0, 0.05) is 27.7 Å². The molecule has 0 spiro atoms. The first kappa shape index (κ1) is 20.3. The maximum Gasteiger partial charge on any atom is 0.407 e. The van der Waals surface area contributed by atoms with Crippen LogP contribution in [0.25, 0.3) is 0 Å². The summed E-state index contributed by atoms with van der Waals surface area (Å²) in [5, 5.41) is 2.58. The van der Waals surface area contributed by atoms with Gasteiger partial charge in [-0.05, 0) is 26.2 Å². The topological polar surface area (TPSA) is 77.0 Å². The van der Waals surface area contributed by atoms with E-state index >= 15 is 0 Å². The third-order valence-corrected chi connectivity index (χ3v) is 3.62. The van der Waals surface area contributed by atoms with E-state index in [2.05, 4.69) is 11.9 Å². The minimum Gasteiger partial charge on any atom is -0.449 e. The number of ether oxygens (including phenoxy) is 3. The van der Waals surface area contributed by atoms with Crippen molar-refractivity contribution < 1.29 is 23.9 Å². The van der Waals surface area contributed by atoms with E-state index in [0.717, 1.165) is 12.0 Å². The molecule has 0 aliphatic heterocycles. The fraction of sp³-hybridized carbons (Fsp3) is 0.786. The lowest BCUT2D eigenvalue weighted by atomic mass is 10.2. The van der Waals surface area contributed by atoms with E-state index in [4.69, 9.17) is 14.2 Å². The Labute approximate surface area is 128 Å². The predicted octanol–water partition coefficient (Wildman–Crippen LogP) is 1.98. The van der Waals surface area contributed by atoms with Crippen molar-refractivity contribution in [3.05, 3.63) is 12.2 Å². The normalized spacial score (nSPS) is 13.5. The summed E-state index contributed by atoms with van der Waals surface area (Å²) in [4.78, 5) is 21.0. The van der Waals surface area contributed by atoms with Crippen LogP contribution >= 0.6 is 8.15 Å². The van der Waals surface area contributed by atoms with Gasteiger partial charge in [-0.15, -0.1) is 6.58 Å². The molecular weight excluding hydrogens is 293 g/mol. The van der Waals surface area contributed by atoms with Crippen LogP contribution in [0, 0.1) is 5.92 Å². The molecule has 21 heavy (non-hydrogen) atoms. The lowest BCUT2D eigenvalue weighted by Gasteiger charge is -2.18. The Morgan fingerprint density at radius 1 is 1.38 bits per heavy atom. The molecule has 124 valence electrons. The van der Waals surface area contributed by atoms with Gasteiger partial charge < -0.3 is 24.4 Å². The largest absolute Gasteiger partial charge is 0.449 e. The van der Waals surface area contributed by atoms with Crippen molar-refractivity contribution in [2.24, 2.45) is 5.92 Å². The summed E-state index contributed by atoms with van der Waals surface area (Å²) in [6, 6.07) is 0. The highest BCUT2D eigenvalue weighted by Gasteiger charge is 2.15. The second kappa shape index (κ2) is 13.0. The third kappa shape index (κ3) is 14.0. The van der Waals surface area contributed by atoms with E-state index in [9.17, 15) is 9.69 Å². The van der Waals surface area contributed by atoms with Crippen molar-refractivity contribution in [2.45, 2.75) is 13.3 Å². The fourth-order valence-corrected chi connectivity index (χ4v) is 2.48. The average Bonchev–Trinajstić information content (AvgIpc) is 2.40. The first-order valence-corrected chi connectivity index (χ1v) is 8.90. The first-order valence-electron chi connectivity index (χ1n) is 6.97. The van der Waals surface area contributed by atoms with Crippen LogP contribution in [-0.2, 0) is 14.2 Å². The summed E-state index contributed by atoms with van der Waals surface area (Å²) in [5.74, 6) is 0.00408. The van der Waals surface area contributed by atoms with E-state index in [1.807, 2.05) is 6.92 Å². The van der Waals surface area contributed by atoms with E-state index < -0.39 is 14.2 Å². The zero-order valence-electron chi connectivity index (χ0n) is 13.3. The van der Waals surface area contributed by atoms with Crippen LogP contribution in [0.1, 0.15) is 13.3 Å². The molecule has 1 amide bonds. The smallest absolute Gasteiger partial charge is 0.407 e. The summed E-state index contributed by atoms with van der Waals surface area (Å²) in [7, 11) is 0.519. The second-order valence-corrected chi connectivity index (χ2v) is 6.69. The molecule has 2 unspecified atom stereocenters. The summed E-state index contributed by atoms with van der Waals surface area (Å²) in [6.45, 7) is 9.69. The monoisotopic (exact) mass is 321 g/mol. The lowest BCUT2D eigenvalue weighted by molar-refractivity contribution is 0.0687. The predicted molar refractivity (Wildman–Crippen MR) is 84.9 cm³/mol. The number of amides is 1. The number of hydrogen-bond donors (Lipinski definition) is 2. The van der Waals surface area contributed by atoms with Crippen LogP contribution in [0.2, 0.25) is 0 Å². The molecule has 0 saturated heterocycles. The molecule has 0 bridgehead atoms. The molecule has 0 radical (unpaired) electrons. The molecule has 0 aromatic rings. The minimum absolute atomic E-state index is 0.00408. The number of nitrogens with one attached hydrogen (secondary N) is 1. The maximum absolute atomic E-state index is 11.4. The van der Waals surface area contributed by atoms with Gasteiger partial charge in [0.1, 0.15) is 0 Å². The Morgan fingerprint density at radius 2 is 2.10 bits per heavy atom. The number of hydrogen-bond acceptors (Lipinski definition) is 5. The van der Waals surface area contributed by atoms with Crippen LogP contribution in [0.15, 0.2) is 12.2 Å². The Bertz CT molecular complexity index is 299. The van der Waals surface area contributed by atoms with E-state index in [0.29, 0.717) is 32.5 Å². The number of methoxy groups -OCH3 is 1. The Hall–Kier alpha value is -0.680. The summed E-state index contributed by atoms with van der Waals surface area (Å²) in [6.07, 6.45) is 0.927. The molecule has 0 aliphatic rings. The van der Waals surface area contributed by atoms with Crippen molar-refractivity contribution in [3.63, 3.8) is 0 Å². The SMILES string of the molecule is C=C(C)CCOCC(COC(=O)NCCOC)CP(C)O. The van der Waals surface area contributed by atoms with E-state index in [1.165, 1.54) is 0 Å². The maximum atomic E-state index is 11.4. The van der Waals surface area contributed by atoms with Crippen LogP contribution in [0.3, 0.4) is 0 Å². The van der Waals surface area contributed by atoms with Gasteiger partial charge in [-0.3, -0.25) is 0 Å². The van der Waals surface area contributed by atoms with Crippen LogP contribution < -0.4 is 5.32 Å². The van der Waals surface area contributed by atoms with Gasteiger partial charge in [0.25, 0.3) is 0 Å². The Balaban J connectivity index is 3.94. The highest BCUT2D eigenvalue weighted by atomic mass is 31.1. The highest BCUT2D eigenvalue weighted by Crippen LogP contribution is 2.27. The Morgan fingerprint density at radius 3 is 2.67 bits per heavy atom.